The maximum absolute atomic E-state index is 12.2. The van der Waals surface area contributed by atoms with Gasteiger partial charge in [-0.3, -0.25) is 9.69 Å². The molecule has 0 bridgehead atoms. The maximum atomic E-state index is 12.2. The Balaban J connectivity index is 2.50. The van der Waals surface area contributed by atoms with Crippen LogP contribution in [0.1, 0.15) is 39.2 Å². The number of fused-ring (bicyclic) bond motifs is 1. The molecule has 4 nitrogen and oxygen atoms in total. The number of rotatable bonds is 4. The highest BCUT2D eigenvalue weighted by Crippen LogP contribution is 2.48. The van der Waals surface area contributed by atoms with Crippen molar-refractivity contribution in [3.63, 3.8) is 0 Å². The number of hydrogen-bond donors (Lipinski definition) is 0. The summed E-state index contributed by atoms with van der Waals surface area (Å²) in [5, 5.41) is 0. The molecule has 1 heterocycles. The Kier molecular flexibility index (Phi) is 4.28. The summed E-state index contributed by atoms with van der Waals surface area (Å²) in [5.41, 5.74) is 0.331. The van der Waals surface area contributed by atoms with E-state index in [1.54, 1.807) is 0 Å². The number of carbonyl (C=O) groups excluding carboxylic acids is 1. The molecule has 0 saturated carbocycles. The summed E-state index contributed by atoms with van der Waals surface area (Å²) >= 11 is 0. The van der Waals surface area contributed by atoms with Gasteiger partial charge in [0.05, 0.1) is 18.6 Å². The molecule has 0 aliphatic carbocycles. The fourth-order valence-corrected chi connectivity index (χ4v) is 3.24. The van der Waals surface area contributed by atoms with E-state index in [1.165, 1.54) is 0 Å². The van der Waals surface area contributed by atoms with Crippen LogP contribution >= 0.6 is 0 Å². The van der Waals surface area contributed by atoms with Gasteiger partial charge in [-0.1, -0.05) is 18.2 Å². The number of carbonyl (C=O) groups is 1. The third-order valence-electron chi connectivity index (χ3n) is 4.09. The lowest BCUT2D eigenvalue weighted by atomic mass is 9.74. The molecule has 0 spiro atoms. The standard InChI is InChI=1S/C17H25NO3/c1-6-20-15(19)11-17(18(4)5)12-16(2,3)21-14-10-8-7-9-13(14)17/h7-10H,6,11-12H2,1-5H3. The third-order valence-corrected chi connectivity index (χ3v) is 4.09. The molecular weight excluding hydrogens is 266 g/mol. The lowest BCUT2D eigenvalue weighted by molar-refractivity contribution is -0.148. The predicted molar refractivity (Wildman–Crippen MR) is 82.4 cm³/mol. The summed E-state index contributed by atoms with van der Waals surface area (Å²) < 4.78 is 11.3. The van der Waals surface area contributed by atoms with Crippen LogP contribution in [0.4, 0.5) is 0 Å². The van der Waals surface area contributed by atoms with Gasteiger partial charge >= 0.3 is 5.97 Å². The molecule has 1 aromatic carbocycles. The number of ether oxygens (including phenoxy) is 2. The Labute approximate surface area is 127 Å². The van der Waals surface area contributed by atoms with Crippen LogP contribution < -0.4 is 4.74 Å². The lowest BCUT2D eigenvalue weighted by Gasteiger charge is -2.49. The van der Waals surface area contributed by atoms with Crippen molar-refractivity contribution < 1.29 is 14.3 Å². The Morgan fingerprint density at radius 2 is 2.00 bits per heavy atom. The van der Waals surface area contributed by atoms with Gasteiger partial charge in [-0.05, 0) is 40.9 Å². The van der Waals surface area contributed by atoms with Crippen molar-refractivity contribution in [2.75, 3.05) is 20.7 Å². The van der Waals surface area contributed by atoms with E-state index in [0.29, 0.717) is 13.0 Å². The van der Waals surface area contributed by atoms with Gasteiger partial charge in [0.2, 0.25) is 0 Å². The molecule has 0 aromatic heterocycles. The summed E-state index contributed by atoms with van der Waals surface area (Å²) in [5.74, 6) is 0.686. The Bertz CT molecular complexity index is 525. The first-order valence-electron chi connectivity index (χ1n) is 7.42. The molecule has 116 valence electrons. The summed E-state index contributed by atoms with van der Waals surface area (Å²) in [7, 11) is 4.02. The van der Waals surface area contributed by atoms with Crippen molar-refractivity contribution in [2.45, 2.75) is 44.8 Å². The molecular formula is C17H25NO3. The molecule has 0 fully saturated rings. The van der Waals surface area contributed by atoms with Crippen molar-refractivity contribution in [1.29, 1.82) is 0 Å². The second-order valence-electron chi connectivity index (χ2n) is 6.44. The molecule has 21 heavy (non-hydrogen) atoms. The van der Waals surface area contributed by atoms with Crippen molar-refractivity contribution >= 4 is 5.97 Å². The second-order valence-corrected chi connectivity index (χ2v) is 6.44. The molecule has 4 heteroatoms. The lowest BCUT2D eigenvalue weighted by Crippen LogP contribution is -2.52. The van der Waals surface area contributed by atoms with Crippen LogP contribution in [-0.2, 0) is 15.1 Å². The first-order chi connectivity index (χ1) is 9.81. The average molecular weight is 291 g/mol. The van der Waals surface area contributed by atoms with Crippen molar-refractivity contribution in [3.8, 4) is 5.75 Å². The summed E-state index contributed by atoms with van der Waals surface area (Å²) in [6.07, 6.45) is 1.07. The molecule has 1 aromatic rings. The Hall–Kier alpha value is -1.55. The Morgan fingerprint density at radius 1 is 1.33 bits per heavy atom. The first kappa shape index (κ1) is 15.8. The van der Waals surface area contributed by atoms with E-state index in [2.05, 4.69) is 18.7 Å². The molecule has 1 unspecified atom stereocenters. The van der Waals surface area contributed by atoms with Crippen LogP contribution in [0.15, 0.2) is 24.3 Å². The van der Waals surface area contributed by atoms with Gasteiger partial charge in [0.1, 0.15) is 11.4 Å². The SMILES string of the molecule is CCOC(=O)CC1(N(C)C)CC(C)(C)Oc2ccccc21. The van der Waals surface area contributed by atoms with Gasteiger partial charge in [-0.15, -0.1) is 0 Å². The van der Waals surface area contributed by atoms with Crippen LogP contribution in [0, 0.1) is 0 Å². The number of hydrogen-bond acceptors (Lipinski definition) is 4. The Morgan fingerprint density at radius 3 is 2.62 bits per heavy atom. The zero-order chi connectivity index (χ0) is 15.7. The summed E-state index contributed by atoms with van der Waals surface area (Å²) in [6, 6.07) is 7.97. The predicted octanol–water partition coefficient (Wildman–Crippen LogP) is 2.96. The van der Waals surface area contributed by atoms with Crippen LogP contribution in [-0.4, -0.2) is 37.2 Å². The zero-order valence-electron chi connectivity index (χ0n) is 13.6. The van der Waals surface area contributed by atoms with Gasteiger partial charge in [0.15, 0.2) is 0 Å². The van der Waals surface area contributed by atoms with E-state index < -0.39 is 5.54 Å². The van der Waals surface area contributed by atoms with E-state index in [4.69, 9.17) is 9.47 Å². The normalized spacial score (nSPS) is 23.3. The quantitative estimate of drug-likeness (QED) is 0.800. The molecule has 0 amide bonds. The van der Waals surface area contributed by atoms with E-state index in [-0.39, 0.29) is 11.6 Å². The largest absolute Gasteiger partial charge is 0.487 e. The molecule has 2 rings (SSSR count). The summed E-state index contributed by atoms with van der Waals surface area (Å²) in [4.78, 5) is 14.3. The monoisotopic (exact) mass is 291 g/mol. The van der Waals surface area contributed by atoms with Gasteiger partial charge in [0.25, 0.3) is 0 Å². The van der Waals surface area contributed by atoms with E-state index in [1.807, 2.05) is 45.3 Å². The number of esters is 1. The van der Waals surface area contributed by atoms with Crippen LogP contribution in [0.5, 0.6) is 5.75 Å². The maximum Gasteiger partial charge on any atom is 0.308 e. The summed E-state index contributed by atoms with van der Waals surface area (Å²) in [6.45, 7) is 6.37. The minimum absolute atomic E-state index is 0.168. The number of para-hydroxylation sites is 1. The highest BCUT2D eigenvalue weighted by atomic mass is 16.5. The molecule has 1 aliphatic rings. The topological polar surface area (TPSA) is 38.8 Å². The molecule has 1 atom stereocenters. The molecule has 1 aliphatic heterocycles. The van der Waals surface area contributed by atoms with E-state index in [9.17, 15) is 4.79 Å². The van der Waals surface area contributed by atoms with Crippen molar-refractivity contribution in [2.24, 2.45) is 0 Å². The van der Waals surface area contributed by atoms with Crippen molar-refractivity contribution in [3.05, 3.63) is 29.8 Å². The third kappa shape index (κ3) is 3.05. The van der Waals surface area contributed by atoms with Gasteiger partial charge in [0, 0.05) is 12.0 Å². The highest BCUT2D eigenvalue weighted by Gasteiger charge is 2.48. The first-order valence-corrected chi connectivity index (χ1v) is 7.42. The zero-order valence-corrected chi connectivity index (χ0v) is 13.6. The van der Waals surface area contributed by atoms with E-state index >= 15 is 0 Å². The van der Waals surface area contributed by atoms with Crippen LogP contribution in [0.2, 0.25) is 0 Å². The number of benzene rings is 1. The molecule has 0 saturated heterocycles. The van der Waals surface area contributed by atoms with Crippen molar-refractivity contribution in [1.82, 2.24) is 4.90 Å². The second kappa shape index (κ2) is 5.68. The molecule has 0 radical (unpaired) electrons. The van der Waals surface area contributed by atoms with Gasteiger partial charge < -0.3 is 9.47 Å². The van der Waals surface area contributed by atoms with Crippen LogP contribution in [0.25, 0.3) is 0 Å². The minimum atomic E-state index is -0.398. The van der Waals surface area contributed by atoms with Gasteiger partial charge in [-0.2, -0.15) is 0 Å². The minimum Gasteiger partial charge on any atom is -0.487 e. The molecule has 0 N–H and O–H groups in total. The van der Waals surface area contributed by atoms with E-state index in [0.717, 1.165) is 17.7 Å². The fourth-order valence-electron chi connectivity index (χ4n) is 3.24. The van der Waals surface area contributed by atoms with Crippen LogP contribution in [0.3, 0.4) is 0 Å². The highest BCUT2D eigenvalue weighted by molar-refractivity contribution is 5.72. The smallest absolute Gasteiger partial charge is 0.308 e. The van der Waals surface area contributed by atoms with Gasteiger partial charge in [-0.25, -0.2) is 0 Å². The fraction of sp³-hybridized carbons (Fsp3) is 0.588. The number of nitrogens with zero attached hydrogens (tertiary/aromatic N) is 1. The average Bonchev–Trinajstić information content (AvgIpc) is 2.37.